The number of aryl methyl sites for hydroxylation is 3. The number of furan rings is 1. The minimum Gasteiger partial charge on any atom is -0.462 e. The Balaban J connectivity index is 1.42. The van der Waals surface area contributed by atoms with E-state index >= 15 is 0 Å². The lowest BCUT2D eigenvalue weighted by Gasteiger charge is -2.32. The second-order valence-corrected chi connectivity index (χ2v) is 8.64. The molecule has 0 unspecified atom stereocenters. The SMILES string of the molecule is CCOC(=O)c1c(C)oc2nc(C)nc(NCC3CCN(Cc4cccc(C)c4)CC3)c12. The number of nitrogens with one attached hydrogen (secondary N) is 1. The van der Waals surface area contributed by atoms with Gasteiger partial charge in [0.2, 0.25) is 5.71 Å². The highest BCUT2D eigenvalue weighted by atomic mass is 16.5. The fourth-order valence-corrected chi connectivity index (χ4v) is 4.45. The molecule has 170 valence electrons. The number of benzene rings is 1. The predicted molar refractivity (Wildman–Crippen MR) is 125 cm³/mol. The van der Waals surface area contributed by atoms with Gasteiger partial charge in [0.1, 0.15) is 23.0 Å². The maximum Gasteiger partial charge on any atom is 0.342 e. The van der Waals surface area contributed by atoms with Crippen molar-refractivity contribution >= 4 is 22.9 Å². The highest BCUT2D eigenvalue weighted by Crippen LogP contribution is 2.31. The van der Waals surface area contributed by atoms with Crippen LogP contribution in [0.2, 0.25) is 0 Å². The molecule has 0 atom stereocenters. The van der Waals surface area contributed by atoms with E-state index in [-0.39, 0.29) is 0 Å². The summed E-state index contributed by atoms with van der Waals surface area (Å²) in [7, 11) is 0. The lowest BCUT2D eigenvalue weighted by atomic mass is 9.96. The number of nitrogens with zero attached hydrogens (tertiary/aromatic N) is 3. The van der Waals surface area contributed by atoms with E-state index in [0.29, 0.717) is 46.6 Å². The lowest BCUT2D eigenvalue weighted by Crippen LogP contribution is -2.35. The van der Waals surface area contributed by atoms with Crippen LogP contribution in [0.4, 0.5) is 5.82 Å². The first-order valence-corrected chi connectivity index (χ1v) is 11.4. The van der Waals surface area contributed by atoms with E-state index in [9.17, 15) is 4.79 Å². The first kappa shape index (κ1) is 22.3. The zero-order valence-corrected chi connectivity index (χ0v) is 19.4. The molecule has 0 radical (unpaired) electrons. The Kier molecular flexibility index (Phi) is 6.74. The molecule has 7 nitrogen and oxygen atoms in total. The quantitative estimate of drug-likeness (QED) is 0.540. The Morgan fingerprint density at radius 2 is 2.00 bits per heavy atom. The number of piperidine rings is 1. The third-order valence-corrected chi connectivity index (χ3v) is 6.07. The van der Waals surface area contributed by atoms with Gasteiger partial charge in [-0.3, -0.25) is 4.90 Å². The molecule has 0 saturated carbocycles. The summed E-state index contributed by atoms with van der Waals surface area (Å²) in [6, 6.07) is 8.75. The first-order chi connectivity index (χ1) is 15.4. The zero-order valence-electron chi connectivity index (χ0n) is 19.4. The second kappa shape index (κ2) is 9.69. The monoisotopic (exact) mass is 436 g/mol. The largest absolute Gasteiger partial charge is 0.462 e. The van der Waals surface area contributed by atoms with E-state index in [0.717, 1.165) is 39.0 Å². The van der Waals surface area contributed by atoms with E-state index in [4.69, 9.17) is 9.15 Å². The van der Waals surface area contributed by atoms with Crippen molar-refractivity contribution in [3.8, 4) is 0 Å². The first-order valence-electron chi connectivity index (χ1n) is 11.4. The van der Waals surface area contributed by atoms with Crippen molar-refractivity contribution in [3.63, 3.8) is 0 Å². The smallest absolute Gasteiger partial charge is 0.342 e. The summed E-state index contributed by atoms with van der Waals surface area (Å²) in [5, 5.41) is 4.10. The Morgan fingerprint density at radius 1 is 1.22 bits per heavy atom. The average Bonchev–Trinajstić information content (AvgIpc) is 3.09. The third-order valence-electron chi connectivity index (χ3n) is 6.07. The van der Waals surface area contributed by atoms with Crippen LogP contribution in [0.25, 0.3) is 11.1 Å². The van der Waals surface area contributed by atoms with Gasteiger partial charge >= 0.3 is 5.97 Å². The number of aromatic nitrogens is 2. The van der Waals surface area contributed by atoms with E-state index in [1.54, 1.807) is 13.8 Å². The number of hydrogen-bond acceptors (Lipinski definition) is 7. The number of ether oxygens (including phenoxy) is 1. The molecule has 4 rings (SSSR count). The number of rotatable bonds is 7. The molecular weight excluding hydrogens is 404 g/mol. The number of esters is 1. The molecule has 0 aliphatic carbocycles. The standard InChI is InChI=1S/C25H32N4O3/c1-5-31-25(30)21-17(3)32-24-22(21)23(27-18(4)28-24)26-14-19-9-11-29(12-10-19)15-20-8-6-7-16(2)13-20/h6-8,13,19H,5,9-12,14-15H2,1-4H3,(H,26,27,28). The number of carbonyl (C=O) groups is 1. The van der Waals surface area contributed by atoms with Gasteiger partial charge in [0.15, 0.2) is 0 Å². The van der Waals surface area contributed by atoms with Gasteiger partial charge in [-0.25, -0.2) is 9.78 Å². The number of anilines is 1. The summed E-state index contributed by atoms with van der Waals surface area (Å²) in [5.74, 6) is 1.91. The Bertz CT molecular complexity index is 1100. The van der Waals surface area contributed by atoms with Crippen molar-refractivity contribution in [2.24, 2.45) is 5.92 Å². The molecule has 32 heavy (non-hydrogen) atoms. The third kappa shape index (κ3) is 4.93. The zero-order chi connectivity index (χ0) is 22.7. The summed E-state index contributed by atoms with van der Waals surface area (Å²) in [4.78, 5) is 24.0. The van der Waals surface area contributed by atoms with Gasteiger partial charge in [0.05, 0.1) is 12.0 Å². The molecular formula is C25H32N4O3. The van der Waals surface area contributed by atoms with Crippen LogP contribution in [0.1, 0.15) is 52.8 Å². The summed E-state index contributed by atoms with van der Waals surface area (Å²) in [6.07, 6.45) is 2.25. The molecule has 3 aromatic rings. The maximum absolute atomic E-state index is 12.5. The van der Waals surface area contributed by atoms with Crippen LogP contribution in [0.15, 0.2) is 28.7 Å². The summed E-state index contributed by atoms with van der Waals surface area (Å²) in [5.41, 5.74) is 3.53. The van der Waals surface area contributed by atoms with E-state index in [2.05, 4.69) is 51.4 Å². The normalized spacial score (nSPS) is 15.2. The second-order valence-electron chi connectivity index (χ2n) is 8.64. The van der Waals surface area contributed by atoms with E-state index < -0.39 is 5.97 Å². The van der Waals surface area contributed by atoms with Gasteiger partial charge in [-0.2, -0.15) is 4.98 Å². The Morgan fingerprint density at radius 3 is 2.72 bits per heavy atom. The molecule has 3 heterocycles. The molecule has 1 aliphatic heterocycles. The van der Waals surface area contributed by atoms with Crippen molar-refractivity contribution in [3.05, 3.63) is 52.5 Å². The molecule has 7 heteroatoms. The van der Waals surface area contributed by atoms with Crippen LogP contribution in [0, 0.1) is 26.7 Å². The van der Waals surface area contributed by atoms with E-state index in [1.165, 1.54) is 11.1 Å². The molecule has 1 aromatic carbocycles. The molecule has 1 N–H and O–H groups in total. The van der Waals surface area contributed by atoms with Crippen LogP contribution in [0.3, 0.4) is 0 Å². The van der Waals surface area contributed by atoms with E-state index in [1.807, 2.05) is 6.92 Å². The van der Waals surface area contributed by atoms with Crippen molar-refractivity contribution in [1.82, 2.24) is 14.9 Å². The number of hydrogen-bond donors (Lipinski definition) is 1. The molecule has 1 fully saturated rings. The van der Waals surface area contributed by atoms with Gasteiger partial charge < -0.3 is 14.5 Å². The van der Waals surface area contributed by atoms with Crippen molar-refractivity contribution in [2.45, 2.75) is 47.1 Å². The maximum atomic E-state index is 12.5. The Labute approximate surface area is 189 Å². The van der Waals surface area contributed by atoms with Crippen LogP contribution in [0.5, 0.6) is 0 Å². The van der Waals surface area contributed by atoms with Crippen LogP contribution >= 0.6 is 0 Å². The topological polar surface area (TPSA) is 80.5 Å². The molecule has 0 amide bonds. The van der Waals surface area contributed by atoms with Crippen LogP contribution < -0.4 is 5.32 Å². The van der Waals surface area contributed by atoms with Gasteiger partial charge in [-0.05, 0) is 65.1 Å². The number of fused-ring (bicyclic) bond motifs is 1. The molecule has 2 aromatic heterocycles. The van der Waals surface area contributed by atoms with Gasteiger partial charge in [-0.1, -0.05) is 29.8 Å². The number of carbonyl (C=O) groups excluding carboxylic acids is 1. The minimum absolute atomic E-state index is 0.307. The van der Waals surface area contributed by atoms with Crippen LogP contribution in [-0.4, -0.2) is 47.1 Å². The van der Waals surface area contributed by atoms with Crippen molar-refractivity contribution in [1.29, 1.82) is 0 Å². The van der Waals surface area contributed by atoms with Gasteiger partial charge in [-0.15, -0.1) is 0 Å². The summed E-state index contributed by atoms with van der Waals surface area (Å²) in [6.45, 7) is 11.8. The molecule has 1 aliphatic rings. The Hall–Kier alpha value is -2.93. The minimum atomic E-state index is -0.399. The molecule has 0 spiro atoms. The highest BCUT2D eigenvalue weighted by molar-refractivity contribution is 6.07. The fourth-order valence-electron chi connectivity index (χ4n) is 4.45. The predicted octanol–water partition coefficient (Wildman–Crippen LogP) is 4.65. The van der Waals surface area contributed by atoms with Gasteiger partial charge in [0.25, 0.3) is 0 Å². The van der Waals surface area contributed by atoms with Crippen molar-refractivity contribution in [2.75, 3.05) is 31.6 Å². The van der Waals surface area contributed by atoms with Crippen LogP contribution in [-0.2, 0) is 11.3 Å². The fraction of sp³-hybridized carbons (Fsp3) is 0.480. The average molecular weight is 437 g/mol. The molecule has 1 saturated heterocycles. The number of likely N-dealkylation sites (tertiary alicyclic amines) is 1. The van der Waals surface area contributed by atoms with Gasteiger partial charge in [0, 0.05) is 13.1 Å². The summed E-state index contributed by atoms with van der Waals surface area (Å²) < 4.78 is 11.0. The highest BCUT2D eigenvalue weighted by Gasteiger charge is 2.25. The molecule has 0 bridgehead atoms. The lowest BCUT2D eigenvalue weighted by molar-refractivity contribution is 0.0526. The summed E-state index contributed by atoms with van der Waals surface area (Å²) >= 11 is 0. The van der Waals surface area contributed by atoms with Crippen molar-refractivity contribution < 1.29 is 13.9 Å².